The highest BCUT2D eigenvalue weighted by Crippen LogP contribution is 2.51. The van der Waals surface area contributed by atoms with Crippen LogP contribution in [0.25, 0.3) is 0 Å². The van der Waals surface area contributed by atoms with Crippen molar-refractivity contribution in [3.8, 4) is 0 Å². The molecule has 2 aliphatic carbocycles. The number of aromatic nitrogens is 7. The Bertz CT molecular complexity index is 1360. The topological polar surface area (TPSA) is 125 Å². The molecule has 1 unspecified atom stereocenters. The first-order chi connectivity index (χ1) is 18.9. The van der Waals surface area contributed by atoms with Gasteiger partial charge >= 0.3 is 6.18 Å². The lowest BCUT2D eigenvalue weighted by Crippen LogP contribution is -2.50. The number of hydrogen-bond donors (Lipinski definition) is 2. The van der Waals surface area contributed by atoms with Crippen LogP contribution in [0.1, 0.15) is 74.7 Å². The Morgan fingerprint density at radius 3 is 2.40 bits per heavy atom. The quantitative estimate of drug-likeness (QED) is 0.342. The minimum absolute atomic E-state index is 0.0622. The summed E-state index contributed by atoms with van der Waals surface area (Å²) >= 11 is 0. The van der Waals surface area contributed by atoms with Crippen LogP contribution < -0.4 is 10.6 Å². The number of halogens is 4. The van der Waals surface area contributed by atoms with Crippen LogP contribution in [0.4, 0.5) is 23.2 Å². The summed E-state index contributed by atoms with van der Waals surface area (Å²) in [7, 11) is 0. The standard InChI is InChI=1S/C25H31F4N9O2/c1-13(2)38-18(8-9-31-38)23(39)33-21(20(15-4-5-15)16-6-7-16)24(40)32-17-11-36(34-22(17)26)14(3)19-10-30-35-37(19)12-25(27,28)29/h8-11,13-16,20-21H,4-7,12H2,1-3H3,(H,32,40)(H,33,39)/t14?,21-/m0/s1. The molecule has 3 aromatic heterocycles. The van der Waals surface area contributed by atoms with Crippen LogP contribution in [-0.2, 0) is 11.3 Å². The Morgan fingerprint density at radius 2 is 1.80 bits per heavy atom. The van der Waals surface area contributed by atoms with Crippen molar-refractivity contribution in [2.24, 2.45) is 17.8 Å². The molecule has 0 aromatic carbocycles. The second kappa shape index (κ2) is 10.7. The van der Waals surface area contributed by atoms with Gasteiger partial charge in [0.1, 0.15) is 24.0 Å². The molecule has 15 heteroatoms. The fourth-order valence-electron chi connectivity index (χ4n) is 5.23. The number of alkyl halides is 3. The summed E-state index contributed by atoms with van der Waals surface area (Å²) in [4.78, 5) is 26.9. The maximum absolute atomic E-state index is 14.9. The van der Waals surface area contributed by atoms with Crippen molar-refractivity contribution in [1.29, 1.82) is 0 Å². The van der Waals surface area contributed by atoms with E-state index in [1.807, 2.05) is 13.8 Å². The molecule has 11 nitrogen and oxygen atoms in total. The summed E-state index contributed by atoms with van der Waals surface area (Å²) in [5.41, 5.74) is 0.130. The van der Waals surface area contributed by atoms with Gasteiger partial charge in [-0.2, -0.15) is 22.7 Å². The van der Waals surface area contributed by atoms with Crippen LogP contribution in [0.3, 0.4) is 0 Å². The Balaban J connectivity index is 1.36. The monoisotopic (exact) mass is 565 g/mol. The second-order valence-electron chi connectivity index (χ2n) is 10.9. The molecule has 0 saturated heterocycles. The third-order valence-electron chi connectivity index (χ3n) is 7.43. The van der Waals surface area contributed by atoms with Crippen LogP contribution in [0.5, 0.6) is 0 Å². The van der Waals surface area contributed by atoms with Crippen molar-refractivity contribution in [2.45, 2.75) is 77.3 Å². The zero-order valence-electron chi connectivity index (χ0n) is 22.3. The lowest BCUT2D eigenvalue weighted by molar-refractivity contribution is -0.143. The van der Waals surface area contributed by atoms with Crippen molar-refractivity contribution in [2.75, 3.05) is 5.32 Å². The third kappa shape index (κ3) is 6.02. The number of amides is 2. The van der Waals surface area contributed by atoms with Crippen molar-refractivity contribution in [3.63, 3.8) is 0 Å². The normalized spacial score (nSPS) is 17.3. The minimum atomic E-state index is -4.53. The zero-order chi connectivity index (χ0) is 28.8. The van der Waals surface area contributed by atoms with Gasteiger partial charge in [0.15, 0.2) is 0 Å². The van der Waals surface area contributed by atoms with Gasteiger partial charge < -0.3 is 10.6 Å². The molecular formula is C25H31F4N9O2. The van der Waals surface area contributed by atoms with E-state index in [2.05, 4.69) is 31.1 Å². The molecule has 2 amide bonds. The fraction of sp³-hybridized carbons (Fsp3) is 0.600. The summed E-state index contributed by atoms with van der Waals surface area (Å²) in [5.74, 6) is -1.57. The number of nitrogens with zero attached hydrogens (tertiary/aromatic N) is 7. The number of anilines is 1. The van der Waals surface area contributed by atoms with E-state index in [0.717, 1.165) is 36.6 Å². The van der Waals surface area contributed by atoms with Crippen molar-refractivity contribution < 1.29 is 27.2 Å². The first-order valence-electron chi connectivity index (χ1n) is 13.3. The largest absolute Gasteiger partial charge is 0.408 e. The Kier molecular flexibility index (Phi) is 7.40. The molecular weight excluding hydrogens is 534 g/mol. The predicted molar refractivity (Wildman–Crippen MR) is 134 cm³/mol. The molecule has 216 valence electrons. The highest BCUT2D eigenvalue weighted by Gasteiger charge is 2.48. The van der Waals surface area contributed by atoms with Gasteiger partial charge in [0.05, 0.1) is 24.1 Å². The van der Waals surface area contributed by atoms with Gasteiger partial charge in [-0.25, -0.2) is 4.68 Å². The SMILES string of the molecule is CC(c1cnnn1CC(F)(F)F)n1cc(NC(=O)[C@@H](NC(=O)c2ccnn2C(C)C)C(C2CC2)C2CC2)c(F)n1. The fourth-order valence-corrected chi connectivity index (χ4v) is 5.23. The van der Waals surface area contributed by atoms with Crippen LogP contribution in [-0.4, -0.2) is 58.6 Å². The van der Waals surface area contributed by atoms with Gasteiger partial charge in [0.25, 0.3) is 11.9 Å². The van der Waals surface area contributed by atoms with Crippen molar-refractivity contribution in [1.82, 2.24) is 39.9 Å². The molecule has 2 atom stereocenters. The van der Waals surface area contributed by atoms with Gasteiger partial charge in [0, 0.05) is 12.2 Å². The van der Waals surface area contributed by atoms with E-state index in [0.29, 0.717) is 10.4 Å². The van der Waals surface area contributed by atoms with Gasteiger partial charge in [-0.3, -0.25) is 19.0 Å². The Morgan fingerprint density at radius 1 is 1.12 bits per heavy atom. The molecule has 3 aromatic rings. The lowest BCUT2D eigenvalue weighted by atomic mass is 9.88. The van der Waals surface area contributed by atoms with Crippen molar-refractivity contribution in [3.05, 3.63) is 42.0 Å². The molecule has 2 saturated carbocycles. The summed E-state index contributed by atoms with van der Waals surface area (Å²) in [6.45, 7) is 3.93. The van der Waals surface area contributed by atoms with Gasteiger partial charge in [-0.15, -0.1) is 10.2 Å². The first-order valence-corrected chi connectivity index (χ1v) is 13.3. The maximum Gasteiger partial charge on any atom is 0.408 e. The lowest BCUT2D eigenvalue weighted by Gasteiger charge is -2.27. The van der Waals surface area contributed by atoms with E-state index in [4.69, 9.17) is 0 Å². The molecule has 2 N–H and O–H groups in total. The third-order valence-corrected chi connectivity index (χ3v) is 7.43. The average Bonchev–Trinajstić information content (AvgIpc) is 3.76. The summed E-state index contributed by atoms with van der Waals surface area (Å²) < 4.78 is 57.0. The van der Waals surface area contributed by atoms with Crippen molar-refractivity contribution >= 4 is 17.5 Å². The van der Waals surface area contributed by atoms with E-state index in [9.17, 15) is 27.2 Å². The molecule has 5 rings (SSSR count). The number of carbonyl (C=O) groups is 2. The van der Waals surface area contributed by atoms with E-state index >= 15 is 0 Å². The van der Waals surface area contributed by atoms with E-state index in [-0.39, 0.29) is 35.2 Å². The highest BCUT2D eigenvalue weighted by molar-refractivity contribution is 6.00. The summed E-state index contributed by atoms with van der Waals surface area (Å²) in [6, 6.07) is -0.275. The first kappa shape index (κ1) is 27.8. The molecule has 40 heavy (non-hydrogen) atoms. The second-order valence-corrected chi connectivity index (χ2v) is 10.9. The number of rotatable bonds is 11. The van der Waals surface area contributed by atoms with Crippen LogP contribution in [0.15, 0.2) is 24.7 Å². The smallest absolute Gasteiger partial charge is 0.339 e. The number of hydrogen-bond acceptors (Lipinski definition) is 6. The molecule has 0 aliphatic heterocycles. The molecule has 0 radical (unpaired) electrons. The van der Waals surface area contributed by atoms with Crippen LogP contribution in [0.2, 0.25) is 0 Å². The summed E-state index contributed by atoms with van der Waals surface area (Å²) in [6.07, 6.45) is 3.16. The highest BCUT2D eigenvalue weighted by atomic mass is 19.4. The van der Waals surface area contributed by atoms with E-state index in [1.165, 1.54) is 19.3 Å². The predicted octanol–water partition coefficient (Wildman–Crippen LogP) is 3.74. The zero-order valence-corrected chi connectivity index (χ0v) is 22.3. The maximum atomic E-state index is 14.9. The number of carbonyl (C=O) groups excluding carboxylic acids is 2. The molecule has 2 fully saturated rings. The van der Waals surface area contributed by atoms with E-state index in [1.54, 1.807) is 10.7 Å². The Labute approximate surface area is 227 Å². The van der Waals surface area contributed by atoms with Gasteiger partial charge in [-0.05, 0) is 70.3 Å². The van der Waals surface area contributed by atoms with E-state index < -0.39 is 42.6 Å². The van der Waals surface area contributed by atoms with Gasteiger partial charge in [-0.1, -0.05) is 5.21 Å². The molecule has 3 heterocycles. The molecule has 2 aliphatic rings. The minimum Gasteiger partial charge on any atom is -0.339 e. The summed E-state index contributed by atoms with van der Waals surface area (Å²) in [5, 5.41) is 20.4. The van der Waals surface area contributed by atoms with Crippen LogP contribution in [0, 0.1) is 23.7 Å². The molecule has 0 bridgehead atoms. The Hall–Kier alpha value is -3.78. The number of nitrogens with one attached hydrogen (secondary N) is 2. The van der Waals surface area contributed by atoms with Gasteiger partial charge in [0.2, 0.25) is 5.91 Å². The van der Waals surface area contributed by atoms with Crippen LogP contribution >= 0.6 is 0 Å². The molecule has 0 spiro atoms. The average molecular weight is 566 g/mol.